The van der Waals surface area contributed by atoms with Crippen molar-refractivity contribution >= 4 is 49.9 Å². The third kappa shape index (κ3) is 3.75. The molecule has 0 bridgehead atoms. The van der Waals surface area contributed by atoms with Crippen molar-refractivity contribution in [3.05, 3.63) is 59.6 Å². The Morgan fingerprint density at radius 2 is 1.89 bits per heavy atom. The summed E-state index contributed by atoms with van der Waals surface area (Å²) in [4.78, 5) is 22.1. The number of carbonyl (C=O) groups is 1. The summed E-state index contributed by atoms with van der Waals surface area (Å²) in [6, 6.07) is 15.6. The van der Waals surface area contributed by atoms with Crippen molar-refractivity contribution in [3.8, 4) is 0 Å². The van der Waals surface area contributed by atoms with Crippen molar-refractivity contribution in [3.63, 3.8) is 0 Å². The molecule has 2 heterocycles. The number of fused-ring (bicyclic) bond motifs is 3. The number of rotatable bonds is 3. The number of nitrogens with one attached hydrogen (secondary N) is 1. The largest absolute Gasteiger partial charge is 0.456 e. The van der Waals surface area contributed by atoms with Crippen molar-refractivity contribution in [1.29, 1.82) is 0 Å². The summed E-state index contributed by atoms with van der Waals surface area (Å²) < 4.78 is 6.49. The Labute approximate surface area is 161 Å². The van der Waals surface area contributed by atoms with Gasteiger partial charge in [-0.1, -0.05) is 18.2 Å². The number of thiophene rings is 1. The molecule has 4 aromatic rings. The Morgan fingerprint density at radius 1 is 1.11 bits per heavy atom. The molecule has 2 aromatic carbocycles. The first-order chi connectivity index (χ1) is 12.9. The van der Waals surface area contributed by atoms with Crippen LogP contribution in [0.4, 0.5) is 11.6 Å². The Bertz CT molecular complexity index is 1130. The molecule has 0 aliphatic heterocycles. The molecule has 27 heavy (non-hydrogen) atoms. The summed E-state index contributed by atoms with van der Waals surface area (Å²) in [5, 5.41) is 5.06. The van der Waals surface area contributed by atoms with Crippen molar-refractivity contribution in [1.82, 2.24) is 9.97 Å². The number of aromatic nitrogens is 2. The van der Waals surface area contributed by atoms with Crippen LogP contribution in [0.2, 0.25) is 0 Å². The van der Waals surface area contributed by atoms with Gasteiger partial charge in [0.05, 0.1) is 5.52 Å². The van der Waals surface area contributed by atoms with Crippen molar-refractivity contribution in [2.75, 3.05) is 5.32 Å². The van der Waals surface area contributed by atoms with E-state index >= 15 is 0 Å². The summed E-state index contributed by atoms with van der Waals surface area (Å²) >= 11 is 1.42. The second kappa shape index (κ2) is 6.63. The highest BCUT2D eigenvalue weighted by atomic mass is 32.1. The third-order valence-corrected chi connectivity index (χ3v) is 4.96. The van der Waals surface area contributed by atoms with Gasteiger partial charge in [0.15, 0.2) is 0 Å². The van der Waals surface area contributed by atoms with E-state index in [0.717, 1.165) is 26.7 Å². The number of carbonyl (C=O) groups excluding carboxylic acids is 1. The van der Waals surface area contributed by atoms with Gasteiger partial charge in [0.1, 0.15) is 10.5 Å². The van der Waals surface area contributed by atoms with Gasteiger partial charge in [-0.25, -0.2) is 14.8 Å². The van der Waals surface area contributed by atoms with E-state index in [2.05, 4.69) is 15.3 Å². The molecule has 5 nitrogen and oxygen atoms in total. The molecule has 0 aliphatic carbocycles. The van der Waals surface area contributed by atoms with Crippen LogP contribution in [0.5, 0.6) is 0 Å². The van der Waals surface area contributed by atoms with Crippen LogP contribution in [0, 0.1) is 0 Å². The monoisotopic (exact) mass is 377 g/mol. The van der Waals surface area contributed by atoms with E-state index in [1.807, 2.05) is 69.3 Å². The first kappa shape index (κ1) is 17.4. The Morgan fingerprint density at radius 3 is 2.63 bits per heavy atom. The van der Waals surface area contributed by atoms with Crippen LogP contribution in [0.25, 0.3) is 21.0 Å². The Kier molecular flexibility index (Phi) is 4.28. The first-order valence-corrected chi connectivity index (χ1v) is 9.45. The van der Waals surface area contributed by atoms with E-state index in [1.54, 1.807) is 6.20 Å². The molecule has 2 aromatic heterocycles. The Balaban J connectivity index is 1.75. The molecule has 0 aliphatic rings. The molecule has 0 spiro atoms. The van der Waals surface area contributed by atoms with Crippen molar-refractivity contribution in [2.45, 2.75) is 26.4 Å². The summed E-state index contributed by atoms with van der Waals surface area (Å²) in [5.41, 5.74) is 1.21. The fraction of sp³-hybridized carbons (Fsp3) is 0.190. The standard InChI is InChI=1S/C21H19N3O2S/c1-21(2,3)26-19(25)17-11-15-16(27-17)10-9-13-12-22-20(24-18(13)15)23-14-7-5-4-6-8-14/h4-12H,1-3H3,(H,22,23,24). The average molecular weight is 377 g/mol. The van der Waals surface area contributed by atoms with Gasteiger partial charge in [-0.2, -0.15) is 0 Å². The zero-order chi connectivity index (χ0) is 19.0. The predicted octanol–water partition coefficient (Wildman–Crippen LogP) is 5.54. The van der Waals surface area contributed by atoms with E-state index in [0.29, 0.717) is 10.8 Å². The van der Waals surface area contributed by atoms with Crippen molar-refractivity contribution in [2.24, 2.45) is 0 Å². The minimum Gasteiger partial charge on any atom is -0.456 e. The van der Waals surface area contributed by atoms with E-state index in [4.69, 9.17) is 4.74 Å². The van der Waals surface area contributed by atoms with Gasteiger partial charge in [0.25, 0.3) is 0 Å². The minimum absolute atomic E-state index is 0.312. The Hall–Kier alpha value is -2.99. The number of benzene rings is 2. The molecule has 0 fully saturated rings. The zero-order valence-electron chi connectivity index (χ0n) is 15.3. The van der Waals surface area contributed by atoms with Crippen LogP contribution in [0.15, 0.2) is 54.7 Å². The van der Waals surface area contributed by atoms with E-state index in [1.165, 1.54) is 11.3 Å². The zero-order valence-corrected chi connectivity index (χ0v) is 16.1. The topological polar surface area (TPSA) is 64.1 Å². The fourth-order valence-electron chi connectivity index (χ4n) is 2.75. The van der Waals surface area contributed by atoms with Gasteiger partial charge < -0.3 is 10.1 Å². The van der Waals surface area contributed by atoms with Crippen LogP contribution >= 0.6 is 11.3 Å². The lowest BCUT2D eigenvalue weighted by Crippen LogP contribution is -2.23. The maximum atomic E-state index is 12.4. The highest BCUT2D eigenvalue weighted by molar-refractivity contribution is 7.20. The normalized spacial score (nSPS) is 11.7. The number of nitrogens with zero attached hydrogens (tertiary/aromatic N) is 2. The number of anilines is 2. The molecule has 4 rings (SSSR count). The maximum absolute atomic E-state index is 12.4. The summed E-state index contributed by atoms with van der Waals surface area (Å²) in [5.74, 6) is 0.208. The number of hydrogen-bond acceptors (Lipinski definition) is 6. The minimum atomic E-state index is -0.524. The molecule has 0 radical (unpaired) electrons. The SMILES string of the molecule is CC(C)(C)OC(=O)c1cc2c(ccc3cnc(Nc4ccccc4)nc32)s1. The lowest BCUT2D eigenvalue weighted by Gasteiger charge is -2.18. The quantitative estimate of drug-likeness (QED) is 0.475. The van der Waals surface area contributed by atoms with Crippen LogP contribution < -0.4 is 5.32 Å². The smallest absolute Gasteiger partial charge is 0.348 e. The highest BCUT2D eigenvalue weighted by Gasteiger charge is 2.20. The molecule has 1 N–H and O–H groups in total. The van der Waals surface area contributed by atoms with Gasteiger partial charge in [0.2, 0.25) is 5.95 Å². The fourth-order valence-corrected chi connectivity index (χ4v) is 3.69. The molecule has 6 heteroatoms. The van der Waals surface area contributed by atoms with Crippen LogP contribution in [-0.4, -0.2) is 21.5 Å². The molecule has 0 atom stereocenters. The second-order valence-corrected chi connectivity index (χ2v) is 8.30. The highest BCUT2D eigenvalue weighted by Crippen LogP contribution is 2.32. The predicted molar refractivity (Wildman–Crippen MR) is 110 cm³/mol. The molecule has 0 amide bonds. The molecule has 0 unspecified atom stereocenters. The molecule has 0 saturated carbocycles. The van der Waals surface area contributed by atoms with E-state index in [9.17, 15) is 4.79 Å². The molecular weight excluding hydrogens is 358 g/mol. The molecule has 136 valence electrons. The summed E-state index contributed by atoms with van der Waals surface area (Å²) in [6.45, 7) is 5.59. The van der Waals surface area contributed by atoms with Crippen molar-refractivity contribution < 1.29 is 9.53 Å². The van der Waals surface area contributed by atoms with Gasteiger partial charge in [0, 0.05) is 27.4 Å². The number of esters is 1. The van der Waals surface area contributed by atoms with E-state index < -0.39 is 5.60 Å². The second-order valence-electron chi connectivity index (χ2n) is 7.21. The average Bonchev–Trinajstić information content (AvgIpc) is 3.06. The lowest BCUT2D eigenvalue weighted by atomic mass is 10.1. The van der Waals surface area contributed by atoms with Gasteiger partial charge in [-0.3, -0.25) is 0 Å². The summed E-state index contributed by atoms with van der Waals surface area (Å²) in [7, 11) is 0. The van der Waals surface area contributed by atoms with Crippen LogP contribution in [-0.2, 0) is 4.74 Å². The van der Waals surface area contributed by atoms with Gasteiger partial charge >= 0.3 is 5.97 Å². The van der Waals surface area contributed by atoms with Crippen LogP contribution in [0.3, 0.4) is 0 Å². The maximum Gasteiger partial charge on any atom is 0.348 e. The summed E-state index contributed by atoms with van der Waals surface area (Å²) in [6.07, 6.45) is 1.79. The number of hydrogen-bond donors (Lipinski definition) is 1. The number of ether oxygens (including phenoxy) is 1. The van der Waals surface area contributed by atoms with E-state index in [-0.39, 0.29) is 5.97 Å². The van der Waals surface area contributed by atoms with Crippen LogP contribution in [0.1, 0.15) is 30.4 Å². The van der Waals surface area contributed by atoms with Gasteiger partial charge in [-0.15, -0.1) is 11.3 Å². The number of para-hydroxylation sites is 1. The third-order valence-electron chi connectivity index (χ3n) is 3.88. The first-order valence-electron chi connectivity index (χ1n) is 8.64. The molecule has 0 saturated heterocycles. The lowest BCUT2D eigenvalue weighted by molar-refractivity contribution is 0.00753. The van der Waals surface area contributed by atoms with Gasteiger partial charge in [-0.05, 0) is 51.1 Å². The molecular formula is C21H19N3O2S.